The molecule has 1 aliphatic heterocycles. The van der Waals surface area contributed by atoms with E-state index in [1.807, 2.05) is 6.20 Å². The average molecular weight is 377 g/mol. The van der Waals surface area contributed by atoms with E-state index < -0.39 is 0 Å². The number of benzene rings is 2. The summed E-state index contributed by atoms with van der Waals surface area (Å²) < 4.78 is 5.39. The molecule has 3 aromatic rings. The van der Waals surface area contributed by atoms with Gasteiger partial charge in [0.25, 0.3) is 0 Å². The van der Waals surface area contributed by atoms with Crippen molar-refractivity contribution in [2.45, 2.75) is 20.3 Å². The Kier molecular flexibility index (Phi) is 5.84. The maximum atomic E-state index is 5.39. The van der Waals surface area contributed by atoms with Gasteiger partial charge in [0.15, 0.2) is 0 Å². The molecule has 4 rings (SSSR count). The molecule has 28 heavy (non-hydrogen) atoms. The lowest BCUT2D eigenvalue weighted by atomic mass is 9.95. The molecule has 0 radical (unpaired) electrons. The molecule has 2 heterocycles. The first-order valence-corrected chi connectivity index (χ1v) is 10.1. The predicted molar refractivity (Wildman–Crippen MR) is 115 cm³/mol. The van der Waals surface area contributed by atoms with Crippen molar-refractivity contribution in [2.75, 3.05) is 44.7 Å². The summed E-state index contributed by atoms with van der Waals surface area (Å²) in [6.45, 7) is 10.1. The highest BCUT2D eigenvalue weighted by Crippen LogP contribution is 2.29. The van der Waals surface area contributed by atoms with E-state index in [0.29, 0.717) is 5.95 Å². The molecule has 2 aromatic carbocycles. The topological polar surface area (TPSA) is 50.3 Å². The van der Waals surface area contributed by atoms with Gasteiger partial charge in [0.2, 0.25) is 5.95 Å². The van der Waals surface area contributed by atoms with Crippen LogP contribution in [0.3, 0.4) is 0 Å². The van der Waals surface area contributed by atoms with Crippen LogP contribution in [0.15, 0.2) is 42.6 Å². The van der Waals surface area contributed by atoms with Crippen molar-refractivity contribution in [3.8, 4) is 11.1 Å². The van der Waals surface area contributed by atoms with Crippen molar-refractivity contribution in [2.24, 2.45) is 0 Å². The minimum absolute atomic E-state index is 0.703. The van der Waals surface area contributed by atoms with E-state index >= 15 is 0 Å². The molecule has 0 unspecified atom stereocenters. The molecule has 1 N–H and O–H groups in total. The molecule has 0 saturated carbocycles. The molecular formula is C23H28N4O. The van der Waals surface area contributed by atoms with Crippen LogP contribution >= 0.6 is 0 Å². The van der Waals surface area contributed by atoms with Crippen LogP contribution in [0.4, 0.5) is 5.95 Å². The molecule has 5 nitrogen and oxygen atoms in total. The van der Waals surface area contributed by atoms with Crippen molar-refractivity contribution in [1.82, 2.24) is 14.9 Å². The molecule has 1 fully saturated rings. The first kappa shape index (κ1) is 18.8. The summed E-state index contributed by atoms with van der Waals surface area (Å²) in [6.07, 6.45) is 3.00. The van der Waals surface area contributed by atoms with Gasteiger partial charge in [-0.25, -0.2) is 9.97 Å². The number of fused-ring (bicyclic) bond motifs is 1. The Morgan fingerprint density at radius 3 is 2.64 bits per heavy atom. The van der Waals surface area contributed by atoms with Gasteiger partial charge in [0.05, 0.1) is 18.7 Å². The summed E-state index contributed by atoms with van der Waals surface area (Å²) in [5.41, 5.74) is 6.07. The van der Waals surface area contributed by atoms with E-state index in [0.717, 1.165) is 56.7 Å². The van der Waals surface area contributed by atoms with Gasteiger partial charge >= 0.3 is 0 Å². The van der Waals surface area contributed by atoms with Crippen molar-refractivity contribution >= 4 is 16.9 Å². The smallest absolute Gasteiger partial charge is 0.223 e. The summed E-state index contributed by atoms with van der Waals surface area (Å²) in [5.74, 6) is 0.703. The molecule has 0 aliphatic carbocycles. The summed E-state index contributed by atoms with van der Waals surface area (Å²) in [4.78, 5) is 11.6. The van der Waals surface area contributed by atoms with E-state index in [-0.39, 0.29) is 0 Å². The van der Waals surface area contributed by atoms with Gasteiger partial charge in [0, 0.05) is 31.2 Å². The van der Waals surface area contributed by atoms with Gasteiger partial charge in [-0.3, -0.25) is 4.90 Å². The Balaban J connectivity index is 1.42. The van der Waals surface area contributed by atoms with E-state index in [2.05, 4.69) is 70.4 Å². The molecule has 5 heteroatoms. The van der Waals surface area contributed by atoms with E-state index in [1.165, 1.54) is 22.3 Å². The number of nitrogens with one attached hydrogen (secondary N) is 1. The number of anilines is 1. The standard InChI is InChI=1S/C23H28N4O/c1-17-5-3-6-18(2)22(17)19-7-8-21-20(15-19)16-25-23(26-21)24-9-4-10-27-11-13-28-14-12-27/h3,5-8,15-16H,4,9-14H2,1-2H3,(H,24,25,26). The second kappa shape index (κ2) is 8.67. The quantitative estimate of drug-likeness (QED) is 0.658. The highest BCUT2D eigenvalue weighted by Gasteiger charge is 2.10. The Labute approximate surface area is 166 Å². The third-order valence-electron chi connectivity index (χ3n) is 5.39. The van der Waals surface area contributed by atoms with Crippen LogP contribution in [0.2, 0.25) is 0 Å². The van der Waals surface area contributed by atoms with Crippen molar-refractivity contribution in [1.29, 1.82) is 0 Å². The summed E-state index contributed by atoms with van der Waals surface area (Å²) in [7, 11) is 0. The van der Waals surface area contributed by atoms with Crippen LogP contribution in [-0.2, 0) is 4.74 Å². The number of hydrogen-bond donors (Lipinski definition) is 1. The van der Waals surface area contributed by atoms with Crippen molar-refractivity contribution in [3.63, 3.8) is 0 Å². The highest BCUT2D eigenvalue weighted by molar-refractivity contribution is 5.85. The normalized spacial score (nSPS) is 15.1. The fraction of sp³-hybridized carbons (Fsp3) is 0.391. The molecule has 0 bridgehead atoms. The Hall–Kier alpha value is -2.50. The zero-order valence-corrected chi connectivity index (χ0v) is 16.7. The first-order valence-electron chi connectivity index (χ1n) is 10.1. The van der Waals surface area contributed by atoms with Crippen LogP contribution in [0, 0.1) is 13.8 Å². The third-order valence-corrected chi connectivity index (χ3v) is 5.39. The number of morpholine rings is 1. The lowest BCUT2D eigenvalue weighted by molar-refractivity contribution is 0.0378. The number of rotatable bonds is 6. The molecule has 1 aliphatic rings. The zero-order chi connectivity index (χ0) is 19.3. The van der Waals surface area contributed by atoms with Gasteiger partial charge in [-0.1, -0.05) is 24.3 Å². The highest BCUT2D eigenvalue weighted by atomic mass is 16.5. The van der Waals surface area contributed by atoms with Crippen LogP contribution < -0.4 is 5.32 Å². The second-order valence-electron chi connectivity index (χ2n) is 7.47. The van der Waals surface area contributed by atoms with Gasteiger partial charge in [-0.05, 0) is 61.2 Å². The molecule has 1 saturated heterocycles. The maximum Gasteiger partial charge on any atom is 0.223 e. The lowest BCUT2D eigenvalue weighted by Crippen LogP contribution is -2.37. The monoisotopic (exact) mass is 376 g/mol. The van der Waals surface area contributed by atoms with Crippen molar-refractivity contribution in [3.05, 3.63) is 53.7 Å². The van der Waals surface area contributed by atoms with Gasteiger partial charge < -0.3 is 10.1 Å². The maximum absolute atomic E-state index is 5.39. The molecule has 0 spiro atoms. The van der Waals surface area contributed by atoms with Crippen LogP contribution in [-0.4, -0.2) is 54.3 Å². The molecule has 0 amide bonds. The Morgan fingerprint density at radius 2 is 1.86 bits per heavy atom. The molecular weight excluding hydrogens is 348 g/mol. The van der Waals surface area contributed by atoms with Gasteiger partial charge in [0.1, 0.15) is 0 Å². The summed E-state index contributed by atoms with van der Waals surface area (Å²) in [5, 5.41) is 4.43. The van der Waals surface area contributed by atoms with E-state index in [1.54, 1.807) is 0 Å². The number of aryl methyl sites for hydroxylation is 2. The summed E-state index contributed by atoms with van der Waals surface area (Å²) in [6, 6.07) is 12.9. The fourth-order valence-corrected chi connectivity index (χ4v) is 3.87. The van der Waals surface area contributed by atoms with Gasteiger partial charge in [-0.2, -0.15) is 0 Å². The lowest BCUT2D eigenvalue weighted by Gasteiger charge is -2.26. The largest absolute Gasteiger partial charge is 0.379 e. The SMILES string of the molecule is Cc1cccc(C)c1-c1ccc2nc(NCCCN3CCOCC3)ncc2c1. The number of aromatic nitrogens is 2. The molecule has 0 atom stereocenters. The van der Waals surface area contributed by atoms with Gasteiger partial charge in [-0.15, -0.1) is 0 Å². The zero-order valence-electron chi connectivity index (χ0n) is 16.7. The second-order valence-corrected chi connectivity index (χ2v) is 7.47. The third kappa shape index (κ3) is 4.32. The Morgan fingerprint density at radius 1 is 1.07 bits per heavy atom. The van der Waals surface area contributed by atoms with E-state index in [9.17, 15) is 0 Å². The first-order chi connectivity index (χ1) is 13.7. The summed E-state index contributed by atoms with van der Waals surface area (Å²) >= 11 is 0. The average Bonchev–Trinajstić information content (AvgIpc) is 2.72. The van der Waals surface area contributed by atoms with Crippen LogP contribution in [0.25, 0.3) is 22.0 Å². The number of hydrogen-bond acceptors (Lipinski definition) is 5. The number of ether oxygens (including phenoxy) is 1. The Bertz CT molecular complexity index is 930. The van der Waals surface area contributed by atoms with E-state index in [4.69, 9.17) is 4.74 Å². The minimum Gasteiger partial charge on any atom is -0.379 e. The fourth-order valence-electron chi connectivity index (χ4n) is 3.87. The molecule has 146 valence electrons. The van der Waals surface area contributed by atoms with Crippen molar-refractivity contribution < 1.29 is 4.74 Å². The predicted octanol–water partition coefficient (Wildman–Crippen LogP) is 4.05. The molecule has 1 aromatic heterocycles. The number of nitrogens with zero attached hydrogens (tertiary/aromatic N) is 3. The minimum atomic E-state index is 0.703. The van der Waals surface area contributed by atoms with Crippen LogP contribution in [0.5, 0.6) is 0 Å². The van der Waals surface area contributed by atoms with Crippen LogP contribution in [0.1, 0.15) is 17.5 Å².